The molecule has 0 bridgehead atoms. The van der Waals surface area contributed by atoms with E-state index in [2.05, 4.69) is 28.0 Å². The molecule has 0 saturated carbocycles. The molecule has 1 fully saturated rings. The van der Waals surface area contributed by atoms with Crippen LogP contribution in [0.25, 0.3) is 11.0 Å². The highest BCUT2D eigenvalue weighted by atomic mass is 16.5. The van der Waals surface area contributed by atoms with Gasteiger partial charge in [-0.3, -0.25) is 0 Å². The van der Waals surface area contributed by atoms with Gasteiger partial charge in [0.25, 0.3) is 0 Å². The summed E-state index contributed by atoms with van der Waals surface area (Å²) in [6, 6.07) is 17.5. The van der Waals surface area contributed by atoms with Crippen LogP contribution in [-0.2, 0) is 6.61 Å². The standard InChI is InChI=1S/C27H25N7O2/c28-18-33-13-5-9-21(16-33)34-27-25(26(29)30-19-31-27)24(32-34)12-6-14-35-22-10-4-11-23(15-22)36-17-20-7-2-1-3-8-20/h1-4,7-8,10-11,15,19,21H,5,9,13-14,16-17H2,(H2,29,30,31). The van der Waals surface area contributed by atoms with Crippen molar-refractivity contribution in [1.82, 2.24) is 24.6 Å². The van der Waals surface area contributed by atoms with Crippen molar-refractivity contribution in [3.8, 4) is 29.5 Å². The number of nitrogen functional groups attached to an aromatic ring is 1. The average molecular weight is 480 g/mol. The fourth-order valence-electron chi connectivity index (χ4n) is 4.22. The van der Waals surface area contributed by atoms with E-state index in [9.17, 15) is 5.26 Å². The number of hydrogen-bond donors (Lipinski definition) is 1. The Balaban J connectivity index is 1.28. The van der Waals surface area contributed by atoms with Crippen molar-refractivity contribution in [1.29, 1.82) is 5.26 Å². The van der Waals surface area contributed by atoms with E-state index >= 15 is 0 Å². The number of hydrogen-bond acceptors (Lipinski definition) is 8. The lowest BCUT2D eigenvalue weighted by molar-refractivity contribution is 0.236. The smallest absolute Gasteiger partial charge is 0.179 e. The van der Waals surface area contributed by atoms with Crippen LogP contribution in [0.5, 0.6) is 11.5 Å². The third kappa shape index (κ3) is 5.16. The molecule has 0 amide bonds. The largest absolute Gasteiger partial charge is 0.489 e. The number of nitrogens with zero attached hydrogens (tertiary/aromatic N) is 6. The summed E-state index contributed by atoms with van der Waals surface area (Å²) in [7, 11) is 0. The maximum atomic E-state index is 9.31. The SMILES string of the molecule is N#CN1CCCC(n2nc(C#CCOc3cccc(OCc4ccccc4)c3)c3c(N)ncnc32)C1. The van der Waals surface area contributed by atoms with Crippen LogP contribution in [-0.4, -0.2) is 44.3 Å². The van der Waals surface area contributed by atoms with Crippen LogP contribution in [0, 0.1) is 23.3 Å². The van der Waals surface area contributed by atoms with Crippen molar-refractivity contribution in [2.75, 3.05) is 25.4 Å². The van der Waals surface area contributed by atoms with E-state index in [1.54, 1.807) is 4.90 Å². The number of likely N-dealkylation sites (tertiary alicyclic amines) is 1. The predicted octanol–water partition coefficient (Wildman–Crippen LogP) is 3.54. The number of anilines is 1. The molecule has 3 heterocycles. The molecule has 1 atom stereocenters. The maximum Gasteiger partial charge on any atom is 0.179 e. The maximum absolute atomic E-state index is 9.31. The summed E-state index contributed by atoms with van der Waals surface area (Å²) in [4.78, 5) is 10.3. The Morgan fingerprint density at radius 1 is 1.06 bits per heavy atom. The van der Waals surface area contributed by atoms with E-state index in [0.717, 1.165) is 30.7 Å². The van der Waals surface area contributed by atoms with Gasteiger partial charge in [0.2, 0.25) is 0 Å². The zero-order chi connectivity index (χ0) is 24.7. The highest BCUT2D eigenvalue weighted by Crippen LogP contribution is 2.28. The van der Waals surface area contributed by atoms with Crippen LogP contribution in [0.1, 0.15) is 30.1 Å². The van der Waals surface area contributed by atoms with Gasteiger partial charge in [-0.05, 0) is 36.5 Å². The zero-order valence-corrected chi connectivity index (χ0v) is 19.7. The van der Waals surface area contributed by atoms with Crippen LogP contribution in [0.3, 0.4) is 0 Å². The van der Waals surface area contributed by atoms with Gasteiger partial charge in [-0.2, -0.15) is 10.4 Å². The van der Waals surface area contributed by atoms with Crippen molar-refractivity contribution in [3.63, 3.8) is 0 Å². The molecule has 2 aromatic heterocycles. The predicted molar refractivity (Wildman–Crippen MR) is 135 cm³/mol. The van der Waals surface area contributed by atoms with E-state index < -0.39 is 0 Å². The molecule has 0 radical (unpaired) electrons. The van der Waals surface area contributed by atoms with Gasteiger partial charge in [-0.15, -0.1) is 0 Å². The third-order valence-electron chi connectivity index (χ3n) is 5.97. The summed E-state index contributed by atoms with van der Waals surface area (Å²) < 4.78 is 13.5. The lowest BCUT2D eigenvalue weighted by Crippen LogP contribution is -2.33. The van der Waals surface area contributed by atoms with Gasteiger partial charge in [0, 0.05) is 12.6 Å². The van der Waals surface area contributed by atoms with Gasteiger partial charge < -0.3 is 20.1 Å². The van der Waals surface area contributed by atoms with Crippen LogP contribution in [0.2, 0.25) is 0 Å². The Bertz CT molecular complexity index is 1450. The summed E-state index contributed by atoms with van der Waals surface area (Å²) in [6.07, 6.45) is 5.46. The number of piperidine rings is 1. The van der Waals surface area contributed by atoms with Crippen molar-refractivity contribution < 1.29 is 9.47 Å². The van der Waals surface area contributed by atoms with Crippen LogP contribution >= 0.6 is 0 Å². The van der Waals surface area contributed by atoms with Gasteiger partial charge in [0.05, 0.1) is 18.0 Å². The van der Waals surface area contributed by atoms with E-state index in [1.165, 1.54) is 6.33 Å². The molecule has 9 heteroatoms. The minimum atomic E-state index is 0.0145. The number of nitrogens with two attached hydrogens (primary N) is 1. The van der Waals surface area contributed by atoms with Crippen LogP contribution < -0.4 is 15.2 Å². The first kappa shape index (κ1) is 23.0. The summed E-state index contributed by atoms with van der Waals surface area (Å²) in [6.45, 7) is 1.98. The summed E-state index contributed by atoms with van der Waals surface area (Å²) in [5, 5.41) is 14.6. The highest BCUT2D eigenvalue weighted by Gasteiger charge is 2.25. The average Bonchev–Trinajstić information content (AvgIpc) is 3.31. The Labute approximate surface area is 209 Å². The van der Waals surface area contributed by atoms with Gasteiger partial charge in [-0.25, -0.2) is 14.6 Å². The Morgan fingerprint density at radius 2 is 1.89 bits per heavy atom. The van der Waals surface area contributed by atoms with Gasteiger partial charge in [0.15, 0.2) is 11.8 Å². The molecule has 2 aromatic carbocycles. The van der Waals surface area contributed by atoms with E-state index in [4.69, 9.17) is 20.3 Å². The molecule has 36 heavy (non-hydrogen) atoms. The molecular formula is C27H25N7O2. The quantitative estimate of drug-likeness (QED) is 0.330. The lowest BCUT2D eigenvalue weighted by Gasteiger charge is -2.28. The molecule has 1 unspecified atom stereocenters. The molecule has 5 rings (SSSR count). The summed E-state index contributed by atoms with van der Waals surface area (Å²) in [5.74, 6) is 7.79. The first-order valence-corrected chi connectivity index (χ1v) is 11.7. The highest BCUT2D eigenvalue weighted by molar-refractivity contribution is 5.90. The van der Waals surface area contributed by atoms with Crippen LogP contribution in [0.15, 0.2) is 60.9 Å². The number of aromatic nitrogens is 4. The Kier molecular flexibility index (Phi) is 6.81. The van der Waals surface area contributed by atoms with E-state index in [1.807, 2.05) is 59.3 Å². The van der Waals surface area contributed by atoms with E-state index in [-0.39, 0.29) is 12.6 Å². The monoisotopic (exact) mass is 479 g/mol. The van der Waals surface area contributed by atoms with Gasteiger partial charge in [0.1, 0.15) is 42.6 Å². The molecule has 1 saturated heterocycles. The number of ether oxygens (including phenoxy) is 2. The second-order valence-electron chi connectivity index (χ2n) is 8.43. The first-order valence-electron chi connectivity index (χ1n) is 11.7. The van der Waals surface area contributed by atoms with E-state index in [0.29, 0.717) is 41.4 Å². The number of benzene rings is 2. The molecule has 4 aromatic rings. The summed E-state index contributed by atoms with van der Waals surface area (Å²) in [5.41, 5.74) is 8.38. The van der Waals surface area contributed by atoms with Crippen molar-refractivity contribution in [3.05, 3.63) is 72.2 Å². The number of nitriles is 1. The second-order valence-corrected chi connectivity index (χ2v) is 8.43. The molecule has 9 nitrogen and oxygen atoms in total. The third-order valence-corrected chi connectivity index (χ3v) is 5.97. The summed E-state index contributed by atoms with van der Waals surface area (Å²) >= 11 is 0. The molecular weight excluding hydrogens is 454 g/mol. The molecule has 180 valence electrons. The van der Waals surface area contributed by atoms with Gasteiger partial charge >= 0.3 is 0 Å². The molecule has 1 aliphatic heterocycles. The minimum Gasteiger partial charge on any atom is -0.489 e. The van der Waals surface area contributed by atoms with Crippen molar-refractivity contribution in [2.45, 2.75) is 25.5 Å². The zero-order valence-electron chi connectivity index (χ0n) is 19.7. The Hall–Kier alpha value is -4.76. The fraction of sp³-hybridized carbons (Fsp3) is 0.259. The molecule has 2 N–H and O–H groups in total. The molecule has 0 spiro atoms. The fourth-order valence-corrected chi connectivity index (χ4v) is 4.22. The van der Waals surface area contributed by atoms with Crippen LogP contribution in [0.4, 0.5) is 5.82 Å². The minimum absolute atomic E-state index is 0.0145. The number of rotatable bonds is 6. The Morgan fingerprint density at radius 3 is 2.72 bits per heavy atom. The topological polar surface area (TPSA) is 115 Å². The number of fused-ring (bicyclic) bond motifs is 1. The van der Waals surface area contributed by atoms with Crippen molar-refractivity contribution in [2.24, 2.45) is 0 Å². The first-order chi connectivity index (χ1) is 17.7. The molecule has 1 aliphatic rings. The lowest BCUT2D eigenvalue weighted by atomic mass is 10.1. The second kappa shape index (κ2) is 10.7. The van der Waals surface area contributed by atoms with Crippen molar-refractivity contribution >= 4 is 16.9 Å². The normalized spacial score (nSPS) is 15.1. The van der Waals surface area contributed by atoms with Gasteiger partial charge in [-0.1, -0.05) is 42.3 Å². The molecule has 0 aliphatic carbocycles.